The molecule has 0 bridgehead atoms. The maximum atomic E-state index is 11.4. The van der Waals surface area contributed by atoms with Gasteiger partial charge in [0.15, 0.2) is 0 Å². The van der Waals surface area contributed by atoms with Crippen LogP contribution >= 0.6 is 27.5 Å². The molecule has 0 saturated carbocycles. The maximum absolute atomic E-state index is 11.4. The highest BCUT2D eigenvalue weighted by Gasteiger charge is 2.19. The van der Waals surface area contributed by atoms with E-state index in [1.807, 2.05) is 6.92 Å². The van der Waals surface area contributed by atoms with Gasteiger partial charge >= 0.3 is 5.97 Å². The third kappa shape index (κ3) is 4.15. The van der Waals surface area contributed by atoms with Gasteiger partial charge in [-0.05, 0) is 34.5 Å². The molecule has 0 radical (unpaired) electrons. The van der Waals surface area contributed by atoms with Crippen molar-refractivity contribution in [3.8, 4) is 5.75 Å². The monoisotopic (exact) mass is 336 g/mol. The van der Waals surface area contributed by atoms with Crippen molar-refractivity contribution >= 4 is 33.5 Å². The van der Waals surface area contributed by atoms with Gasteiger partial charge in [-0.2, -0.15) is 0 Å². The molecule has 18 heavy (non-hydrogen) atoms. The molecule has 1 aromatic rings. The summed E-state index contributed by atoms with van der Waals surface area (Å²) in [7, 11) is 0. The summed E-state index contributed by atoms with van der Waals surface area (Å²) in [6.45, 7) is 2.19. The summed E-state index contributed by atoms with van der Waals surface area (Å²) in [6, 6.07) is 2.92. The molecule has 100 valence electrons. The van der Waals surface area contributed by atoms with E-state index in [2.05, 4.69) is 15.9 Å². The Labute approximate surface area is 119 Å². The Balaban J connectivity index is 2.78. The van der Waals surface area contributed by atoms with Crippen LogP contribution in [0, 0.1) is 0 Å². The molecule has 0 aliphatic heterocycles. The number of aliphatic hydroxyl groups is 1. The molecule has 1 rings (SSSR count). The van der Waals surface area contributed by atoms with Gasteiger partial charge in [-0.15, -0.1) is 0 Å². The zero-order valence-corrected chi connectivity index (χ0v) is 12.2. The Hall–Kier alpha value is -0.780. The van der Waals surface area contributed by atoms with Gasteiger partial charge < -0.3 is 14.9 Å². The minimum Gasteiger partial charge on any atom is -0.506 e. The van der Waals surface area contributed by atoms with Crippen LogP contribution in [0.3, 0.4) is 0 Å². The SMILES string of the molecule is CCCOC(=O)CC(O)c1cc(Cl)cc(Br)c1O. The zero-order valence-electron chi connectivity index (χ0n) is 9.82. The molecule has 6 heteroatoms. The molecule has 0 aliphatic carbocycles. The molecule has 0 heterocycles. The highest BCUT2D eigenvalue weighted by atomic mass is 79.9. The van der Waals surface area contributed by atoms with E-state index in [4.69, 9.17) is 16.3 Å². The van der Waals surface area contributed by atoms with Gasteiger partial charge in [-0.1, -0.05) is 18.5 Å². The quantitative estimate of drug-likeness (QED) is 0.810. The molecular weight excluding hydrogens is 323 g/mol. The van der Waals surface area contributed by atoms with Crippen LogP contribution in [0.25, 0.3) is 0 Å². The number of phenols is 1. The van der Waals surface area contributed by atoms with E-state index in [1.165, 1.54) is 12.1 Å². The average Bonchev–Trinajstić information content (AvgIpc) is 2.30. The fourth-order valence-electron chi connectivity index (χ4n) is 1.38. The van der Waals surface area contributed by atoms with Gasteiger partial charge in [0, 0.05) is 10.6 Å². The van der Waals surface area contributed by atoms with Crippen LogP contribution in [0.2, 0.25) is 5.02 Å². The molecule has 0 amide bonds. The van der Waals surface area contributed by atoms with E-state index in [0.717, 1.165) is 6.42 Å². The third-order valence-electron chi connectivity index (χ3n) is 2.24. The van der Waals surface area contributed by atoms with Crippen molar-refractivity contribution in [3.05, 3.63) is 27.2 Å². The lowest BCUT2D eigenvalue weighted by molar-refractivity contribution is -0.146. The number of aliphatic hydroxyl groups excluding tert-OH is 1. The second-order valence-corrected chi connectivity index (χ2v) is 5.06. The van der Waals surface area contributed by atoms with Gasteiger partial charge in [0.1, 0.15) is 5.75 Å². The Morgan fingerprint density at radius 3 is 2.83 bits per heavy atom. The normalized spacial score (nSPS) is 12.2. The van der Waals surface area contributed by atoms with E-state index in [1.54, 1.807) is 0 Å². The van der Waals surface area contributed by atoms with Gasteiger partial charge in [0.05, 0.1) is 23.6 Å². The highest BCUT2D eigenvalue weighted by molar-refractivity contribution is 9.10. The number of hydrogen-bond acceptors (Lipinski definition) is 4. The standard InChI is InChI=1S/C12H14BrClO4/c1-2-3-18-11(16)6-10(15)8-4-7(14)5-9(13)12(8)17/h4-5,10,15,17H,2-3,6H2,1H3. The van der Waals surface area contributed by atoms with E-state index in [9.17, 15) is 15.0 Å². The van der Waals surface area contributed by atoms with Crippen molar-refractivity contribution in [1.82, 2.24) is 0 Å². The molecule has 1 atom stereocenters. The number of phenolic OH excluding ortho intramolecular Hbond substituents is 1. The smallest absolute Gasteiger partial charge is 0.308 e. The second kappa shape index (κ2) is 6.97. The first-order chi connectivity index (χ1) is 8.45. The largest absolute Gasteiger partial charge is 0.506 e. The molecular formula is C12H14BrClO4. The van der Waals surface area contributed by atoms with Crippen molar-refractivity contribution in [1.29, 1.82) is 0 Å². The number of carbonyl (C=O) groups is 1. The molecule has 0 aliphatic rings. The fourth-order valence-corrected chi connectivity index (χ4v) is 2.22. The summed E-state index contributed by atoms with van der Waals surface area (Å²) >= 11 is 8.93. The Morgan fingerprint density at radius 1 is 1.56 bits per heavy atom. The summed E-state index contributed by atoms with van der Waals surface area (Å²) in [4.78, 5) is 11.4. The van der Waals surface area contributed by atoms with Crippen LogP contribution in [0.4, 0.5) is 0 Å². The summed E-state index contributed by atoms with van der Waals surface area (Å²) in [5.74, 6) is -0.643. The van der Waals surface area contributed by atoms with E-state index in [0.29, 0.717) is 16.1 Å². The van der Waals surface area contributed by atoms with Gasteiger partial charge in [-0.3, -0.25) is 4.79 Å². The lowest BCUT2D eigenvalue weighted by Gasteiger charge is -2.13. The van der Waals surface area contributed by atoms with Crippen molar-refractivity contribution in [2.24, 2.45) is 0 Å². The average molecular weight is 338 g/mol. The molecule has 0 saturated heterocycles. The van der Waals surface area contributed by atoms with Crippen molar-refractivity contribution in [2.75, 3.05) is 6.61 Å². The summed E-state index contributed by atoms with van der Waals surface area (Å²) in [6.07, 6.45) is -0.653. The zero-order chi connectivity index (χ0) is 13.7. The summed E-state index contributed by atoms with van der Waals surface area (Å²) in [5, 5.41) is 20.0. The Morgan fingerprint density at radius 2 is 2.22 bits per heavy atom. The number of hydrogen-bond donors (Lipinski definition) is 2. The second-order valence-electron chi connectivity index (χ2n) is 3.77. The first-order valence-corrected chi connectivity index (χ1v) is 6.64. The van der Waals surface area contributed by atoms with Crippen LogP contribution in [0.15, 0.2) is 16.6 Å². The topological polar surface area (TPSA) is 66.8 Å². The van der Waals surface area contributed by atoms with Crippen LogP contribution in [0.5, 0.6) is 5.75 Å². The Kier molecular flexibility index (Phi) is 5.91. The van der Waals surface area contributed by atoms with Crippen LogP contribution in [-0.2, 0) is 9.53 Å². The van der Waals surface area contributed by atoms with Crippen LogP contribution < -0.4 is 0 Å². The van der Waals surface area contributed by atoms with Crippen molar-refractivity contribution in [2.45, 2.75) is 25.9 Å². The number of benzene rings is 1. The number of ether oxygens (including phenoxy) is 1. The Bertz CT molecular complexity index is 436. The molecule has 1 unspecified atom stereocenters. The number of esters is 1. The molecule has 0 spiro atoms. The highest BCUT2D eigenvalue weighted by Crippen LogP contribution is 2.36. The van der Waals surface area contributed by atoms with E-state index < -0.39 is 12.1 Å². The summed E-state index contributed by atoms with van der Waals surface area (Å²) in [5.41, 5.74) is 0.197. The molecule has 4 nitrogen and oxygen atoms in total. The van der Waals surface area contributed by atoms with Crippen LogP contribution in [-0.4, -0.2) is 22.8 Å². The van der Waals surface area contributed by atoms with Crippen LogP contribution in [0.1, 0.15) is 31.4 Å². The number of rotatable bonds is 5. The lowest BCUT2D eigenvalue weighted by atomic mass is 10.1. The number of aromatic hydroxyl groups is 1. The molecule has 1 aromatic carbocycles. The maximum Gasteiger partial charge on any atom is 0.308 e. The third-order valence-corrected chi connectivity index (χ3v) is 3.07. The van der Waals surface area contributed by atoms with E-state index in [-0.39, 0.29) is 17.7 Å². The number of halogens is 2. The van der Waals surface area contributed by atoms with Crippen molar-refractivity contribution in [3.63, 3.8) is 0 Å². The van der Waals surface area contributed by atoms with Crippen molar-refractivity contribution < 1.29 is 19.7 Å². The minimum atomic E-state index is -1.15. The first-order valence-electron chi connectivity index (χ1n) is 5.47. The fraction of sp³-hybridized carbons (Fsp3) is 0.417. The van der Waals surface area contributed by atoms with Gasteiger partial charge in [-0.25, -0.2) is 0 Å². The van der Waals surface area contributed by atoms with Gasteiger partial charge in [0.25, 0.3) is 0 Å². The van der Waals surface area contributed by atoms with E-state index >= 15 is 0 Å². The summed E-state index contributed by atoms with van der Waals surface area (Å²) < 4.78 is 5.23. The molecule has 2 N–H and O–H groups in total. The first kappa shape index (κ1) is 15.3. The predicted molar refractivity (Wildman–Crippen MR) is 71.6 cm³/mol. The van der Waals surface area contributed by atoms with Gasteiger partial charge in [0.2, 0.25) is 0 Å². The number of carbonyl (C=O) groups excluding carboxylic acids is 1. The molecule has 0 aromatic heterocycles. The minimum absolute atomic E-state index is 0.129. The predicted octanol–water partition coefficient (Wildman–Crippen LogP) is 3.18. The molecule has 0 fully saturated rings. The lowest BCUT2D eigenvalue weighted by Crippen LogP contribution is -2.11.